The molecule has 3 aromatic carbocycles. The number of fused-ring (bicyclic) bond motifs is 1. The lowest BCUT2D eigenvalue weighted by Gasteiger charge is -2.10. The molecule has 2 N–H and O–H groups in total. The number of sulfonamides is 1. The summed E-state index contributed by atoms with van der Waals surface area (Å²) in [6.45, 7) is 0.110. The van der Waals surface area contributed by atoms with Crippen LogP contribution in [0.5, 0.6) is 5.75 Å². The molecule has 0 radical (unpaired) electrons. The molecule has 0 aliphatic rings. The number of ether oxygens (including phenoxy) is 1. The Morgan fingerprint density at radius 3 is 2.56 bits per heavy atom. The van der Waals surface area contributed by atoms with Crippen LogP contribution in [0.15, 0.2) is 83.9 Å². The first-order chi connectivity index (χ1) is 15.5. The predicted octanol–water partition coefficient (Wildman–Crippen LogP) is 3.83. The summed E-state index contributed by atoms with van der Waals surface area (Å²) in [6.07, 6.45) is 2.35. The third kappa shape index (κ3) is 5.70. The summed E-state index contributed by atoms with van der Waals surface area (Å²) in [5.74, 6) is 0.0905. The maximum absolute atomic E-state index is 12.5. The van der Waals surface area contributed by atoms with E-state index in [9.17, 15) is 13.2 Å². The van der Waals surface area contributed by atoms with E-state index in [0.717, 1.165) is 15.6 Å². The molecule has 0 fully saturated rings. The van der Waals surface area contributed by atoms with Gasteiger partial charge in [-0.25, -0.2) is 13.1 Å². The molecule has 4 rings (SSSR count). The molecule has 0 saturated heterocycles. The maximum Gasteiger partial charge on any atom is 0.262 e. The van der Waals surface area contributed by atoms with Gasteiger partial charge in [-0.15, -0.1) is 0 Å². The van der Waals surface area contributed by atoms with E-state index in [1.165, 1.54) is 35.8 Å². The molecule has 0 aliphatic heterocycles. The van der Waals surface area contributed by atoms with Crippen LogP contribution < -0.4 is 14.8 Å². The summed E-state index contributed by atoms with van der Waals surface area (Å²) < 4.78 is 38.1. The number of anilines is 1. The second-order valence-electron chi connectivity index (χ2n) is 7.02. The van der Waals surface area contributed by atoms with Crippen LogP contribution in [-0.4, -0.2) is 31.9 Å². The van der Waals surface area contributed by atoms with Gasteiger partial charge in [0.25, 0.3) is 5.91 Å². The highest BCUT2D eigenvalue weighted by molar-refractivity contribution is 7.89. The topological polar surface area (TPSA) is 97.4 Å². The fraction of sp³-hybridized carbons (Fsp3) is 0.130. The van der Waals surface area contributed by atoms with Crippen LogP contribution in [0.2, 0.25) is 0 Å². The molecule has 0 aliphatic carbocycles. The van der Waals surface area contributed by atoms with Gasteiger partial charge in [0, 0.05) is 23.8 Å². The van der Waals surface area contributed by atoms with Gasteiger partial charge in [-0.2, -0.15) is 4.37 Å². The van der Waals surface area contributed by atoms with Gasteiger partial charge in [0.2, 0.25) is 10.0 Å². The molecule has 32 heavy (non-hydrogen) atoms. The van der Waals surface area contributed by atoms with Crippen molar-refractivity contribution in [2.24, 2.45) is 0 Å². The van der Waals surface area contributed by atoms with E-state index >= 15 is 0 Å². The molecule has 4 aromatic rings. The highest BCUT2D eigenvalue weighted by Crippen LogP contribution is 2.22. The normalized spacial score (nSPS) is 11.4. The van der Waals surface area contributed by atoms with E-state index in [4.69, 9.17) is 4.74 Å². The lowest BCUT2D eigenvalue weighted by molar-refractivity contribution is -0.118. The molecule has 1 amide bonds. The Kier molecular flexibility index (Phi) is 6.79. The summed E-state index contributed by atoms with van der Waals surface area (Å²) in [5, 5.41) is 3.73. The molecule has 0 bridgehead atoms. The van der Waals surface area contributed by atoms with E-state index in [0.29, 0.717) is 24.4 Å². The van der Waals surface area contributed by atoms with Crippen LogP contribution in [-0.2, 0) is 21.2 Å². The third-order valence-electron chi connectivity index (χ3n) is 4.69. The zero-order valence-electron chi connectivity index (χ0n) is 17.0. The summed E-state index contributed by atoms with van der Waals surface area (Å²) in [7, 11) is -3.62. The zero-order valence-corrected chi connectivity index (χ0v) is 18.7. The van der Waals surface area contributed by atoms with Gasteiger partial charge in [0.15, 0.2) is 6.61 Å². The lowest BCUT2D eigenvalue weighted by atomic mass is 10.2. The van der Waals surface area contributed by atoms with Gasteiger partial charge in [-0.3, -0.25) is 4.79 Å². The van der Waals surface area contributed by atoms with Gasteiger partial charge in [0.1, 0.15) is 5.75 Å². The lowest BCUT2D eigenvalue weighted by Crippen LogP contribution is -2.26. The minimum absolute atomic E-state index is 0.139. The third-order valence-corrected chi connectivity index (χ3v) is 6.95. The molecule has 9 heteroatoms. The van der Waals surface area contributed by atoms with E-state index in [-0.39, 0.29) is 17.4 Å². The largest absolute Gasteiger partial charge is 0.484 e. The van der Waals surface area contributed by atoms with Crippen molar-refractivity contribution < 1.29 is 17.9 Å². The molecule has 164 valence electrons. The smallest absolute Gasteiger partial charge is 0.262 e. The Morgan fingerprint density at radius 1 is 1.00 bits per heavy atom. The van der Waals surface area contributed by atoms with Crippen molar-refractivity contribution in [2.45, 2.75) is 11.3 Å². The molecule has 7 nitrogen and oxygen atoms in total. The fourth-order valence-electron chi connectivity index (χ4n) is 3.07. The van der Waals surface area contributed by atoms with Crippen molar-refractivity contribution in [2.75, 3.05) is 18.5 Å². The Hall–Kier alpha value is -3.27. The molecule has 0 spiro atoms. The Balaban J connectivity index is 1.27. The van der Waals surface area contributed by atoms with E-state index < -0.39 is 10.0 Å². The van der Waals surface area contributed by atoms with Crippen LogP contribution >= 0.6 is 11.5 Å². The molecular formula is C23H21N3O4S2. The molecule has 1 aromatic heterocycles. The van der Waals surface area contributed by atoms with Crippen molar-refractivity contribution in [3.05, 3.63) is 84.6 Å². The highest BCUT2D eigenvalue weighted by atomic mass is 32.2. The Bertz CT molecular complexity index is 1300. The average molecular weight is 468 g/mol. The second-order valence-corrected chi connectivity index (χ2v) is 9.62. The number of benzene rings is 3. The Labute approximate surface area is 190 Å². The van der Waals surface area contributed by atoms with Crippen LogP contribution in [0, 0.1) is 0 Å². The van der Waals surface area contributed by atoms with Crippen molar-refractivity contribution >= 4 is 43.2 Å². The second kappa shape index (κ2) is 9.90. The summed E-state index contributed by atoms with van der Waals surface area (Å²) in [4.78, 5) is 12.3. The van der Waals surface area contributed by atoms with Crippen molar-refractivity contribution in [3.63, 3.8) is 0 Å². The number of nitrogens with zero attached hydrogens (tertiary/aromatic N) is 1. The minimum Gasteiger partial charge on any atom is -0.484 e. The minimum atomic E-state index is -3.62. The van der Waals surface area contributed by atoms with Gasteiger partial charge >= 0.3 is 0 Å². The first-order valence-electron chi connectivity index (χ1n) is 9.90. The van der Waals surface area contributed by atoms with Gasteiger partial charge in [-0.1, -0.05) is 30.3 Å². The highest BCUT2D eigenvalue weighted by Gasteiger charge is 2.14. The number of carbonyl (C=O) groups is 1. The average Bonchev–Trinajstić information content (AvgIpc) is 3.26. The monoisotopic (exact) mass is 467 g/mol. The first-order valence-corrected chi connectivity index (χ1v) is 12.2. The summed E-state index contributed by atoms with van der Waals surface area (Å²) >= 11 is 1.39. The van der Waals surface area contributed by atoms with Gasteiger partial charge in [-0.05, 0) is 66.0 Å². The van der Waals surface area contributed by atoms with E-state index in [1.807, 2.05) is 48.5 Å². The van der Waals surface area contributed by atoms with Gasteiger partial charge < -0.3 is 10.1 Å². The number of hydrogen-bond donors (Lipinski definition) is 2. The van der Waals surface area contributed by atoms with Crippen molar-refractivity contribution in [1.82, 2.24) is 9.10 Å². The molecule has 0 unspecified atom stereocenters. The van der Waals surface area contributed by atoms with Crippen LogP contribution in [0.1, 0.15) is 5.56 Å². The molecule has 0 saturated carbocycles. The number of carbonyl (C=O) groups excluding carboxylic acids is 1. The fourth-order valence-corrected chi connectivity index (χ4v) is 4.73. The zero-order chi connectivity index (χ0) is 22.4. The molecular weight excluding hydrogens is 446 g/mol. The number of nitrogens with one attached hydrogen (secondary N) is 2. The predicted molar refractivity (Wildman–Crippen MR) is 126 cm³/mol. The van der Waals surface area contributed by atoms with E-state index in [2.05, 4.69) is 14.4 Å². The summed E-state index contributed by atoms with van der Waals surface area (Å²) in [5.41, 5.74) is 1.72. The molecule has 1 heterocycles. The van der Waals surface area contributed by atoms with Crippen molar-refractivity contribution in [1.29, 1.82) is 0 Å². The summed E-state index contributed by atoms with van der Waals surface area (Å²) in [6, 6.07) is 21.2. The number of amides is 1. The van der Waals surface area contributed by atoms with Crippen LogP contribution in [0.4, 0.5) is 5.69 Å². The molecule has 0 atom stereocenters. The number of rotatable bonds is 9. The number of aromatic nitrogens is 1. The van der Waals surface area contributed by atoms with Gasteiger partial charge in [0.05, 0.1) is 9.60 Å². The number of hydrogen-bond acceptors (Lipinski definition) is 6. The quantitative estimate of drug-likeness (QED) is 0.390. The standard InChI is InChI=1S/C23H21N3O4S2/c27-23(26-19-6-11-22-18(14-19)15-24-31-22)16-30-20-7-9-21(10-8-20)32(28,29)25-13-12-17-4-2-1-3-5-17/h1-11,14-15,25H,12-13,16H2,(H,26,27). The first kappa shape index (κ1) is 21.9. The van der Waals surface area contributed by atoms with E-state index in [1.54, 1.807) is 6.20 Å². The van der Waals surface area contributed by atoms with Crippen LogP contribution in [0.25, 0.3) is 10.1 Å². The Morgan fingerprint density at radius 2 is 1.78 bits per heavy atom. The SMILES string of the molecule is O=C(COc1ccc(S(=O)(=O)NCCc2ccccc2)cc1)Nc1ccc2sncc2c1. The van der Waals surface area contributed by atoms with Crippen LogP contribution in [0.3, 0.4) is 0 Å². The maximum atomic E-state index is 12.5. The van der Waals surface area contributed by atoms with Crippen molar-refractivity contribution in [3.8, 4) is 5.75 Å².